The molecule has 0 aliphatic carbocycles. The van der Waals surface area contributed by atoms with Gasteiger partial charge in [0.15, 0.2) is 0 Å². The van der Waals surface area contributed by atoms with Gasteiger partial charge in [-0.25, -0.2) is 0 Å². The quantitative estimate of drug-likeness (QED) is 0.256. The van der Waals surface area contributed by atoms with Crippen LogP contribution in [0.3, 0.4) is 0 Å². The number of nitrogens with one attached hydrogen (secondary N) is 4. The highest BCUT2D eigenvalue weighted by atomic mass is 14.9. The molecule has 0 bridgehead atoms. The van der Waals surface area contributed by atoms with Crippen molar-refractivity contribution in [2.24, 2.45) is 0 Å². The molecule has 0 aliphatic heterocycles. The fraction of sp³-hybridized carbons (Fsp3) is 0.875. The van der Waals surface area contributed by atoms with Crippen LogP contribution in [0, 0.1) is 0 Å². The molecular formula is C16H36N4. The molecule has 0 saturated heterocycles. The zero-order valence-corrected chi connectivity index (χ0v) is 13.6. The van der Waals surface area contributed by atoms with Crippen molar-refractivity contribution in [1.82, 2.24) is 21.3 Å². The lowest BCUT2D eigenvalue weighted by Gasteiger charge is -2.04. The average Bonchev–Trinajstić information content (AvgIpc) is 2.47. The normalized spacial score (nSPS) is 11.5. The van der Waals surface area contributed by atoms with Crippen molar-refractivity contribution in [1.29, 1.82) is 0 Å². The van der Waals surface area contributed by atoms with Crippen molar-refractivity contribution in [2.45, 2.75) is 39.5 Å². The standard InChI is InChI=1S/C16H36N4/c1-3-9-17-13-7-15-19-11-5-6-12-20-16-8-14-18-10-4-2/h5-6,17-20H,3-4,7-16H2,1-2H3/b6-5+. The van der Waals surface area contributed by atoms with Crippen LogP contribution in [0.4, 0.5) is 0 Å². The van der Waals surface area contributed by atoms with Crippen LogP contribution in [-0.4, -0.2) is 52.4 Å². The van der Waals surface area contributed by atoms with Gasteiger partial charge in [-0.1, -0.05) is 26.0 Å². The summed E-state index contributed by atoms with van der Waals surface area (Å²) in [5.41, 5.74) is 0. The fourth-order valence-corrected chi connectivity index (χ4v) is 1.82. The van der Waals surface area contributed by atoms with E-state index in [0.29, 0.717) is 0 Å². The maximum atomic E-state index is 3.42. The fourth-order valence-electron chi connectivity index (χ4n) is 1.82. The molecule has 0 aliphatic rings. The number of hydrogen-bond donors (Lipinski definition) is 4. The molecule has 0 spiro atoms. The minimum absolute atomic E-state index is 0.980. The molecule has 0 atom stereocenters. The van der Waals surface area contributed by atoms with Gasteiger partial charge in [0.05, 0.1) is 0 Å². The maximum absolute atomic E-state index is 3.42. The Hall–Kier alpha value is -0.420. The van der Waals surface area contributed by atoms with E-state index < -0.39 is 0 Å². The van der Waals surface area contributed by atoms with E-state index in [2.05, 4.69) is 47.3 Å². The van der Waals surface area contributed by atoms with E-state index in [-0.39, 0.29) is 0 Å². The Kier molecular flexibility index (Phi) is 18.2. The average molecular weight is 284 g/mol. The lowest BCUT2D eigenvalue weighted by atomic mass is 10.3. The van der Waals surface area contributed by atoms with Gasteiger partial charge in [0.25, 0.3) is 0 Å². The van der Waals surface area contributed by atoms with E-state index in [4.69, 9.17) is 0 Å². The largest absolute Gasteiger partial charge is 0.317 e. The Morgan fingerprint density at radius 3 is 1.35 bits per heavy atom. The summed E-state index contributed by atoms with van der Waals surface area (Å²) in [5.74, 6) is 0. The number of hydrogen-bond acceptors (Lipinski definition) is 4. The van der Waals surface area contributed by atoms with E-state index in [1.165, 1.54) is 25.7 Å². The Morgan fingerprint density at radius 1 is 0.550 bits per heavy atom. The van der Waals surface area contributed by atoms with Gasteiger partial charge in [0.2, 0.25) is 0 Å². The van der Waals surface area contributed by atoms with Crippen molar-refractivity contribution in [3.8, 4) is 0 Å². The van der Waals surface area contributed by atoms with Crippen molar-refractivity contribution in [2.75, 3.05) is 52.4 Å². The third-order valence-corrected chi connectivity index (χ3v) is 2.96. The molecule has 4 N–H and O–H groups in total. The topological polar surface area (TPSA) is 48.1 Å². The van der Waals surface area contributed by atoms with Crippen LogP contribution in [-0.2, 0) is 0 Å². The smallest absolute Gasteiger partial charge is 0.0135 e. The summed E-state index contributed by atoms with van der Waals surface area (Å²) in [6.07, 6.45) is 9.27. The molecular weight excluding hydrogens is 248 g/mol. The van der Waals surface area contributed by atoms with Crippen LogP contribution >= 0.6 is 0 Å². The van der Waals surface area contributed by atoms with Crippen LogP contribution < -0.4 is 21.3 Å². The monoisotopic (exact) mass is 284 g/mol. The molecule has 4 nitrogen and oxygen atoms in total. The molecule has 0 rings (SSSR count). The molecule has 0 aromatic rings. The van der Waals surface area contributed by atoms with E-state index in [9.17, 15) is 0 Å². The predicted molar refractivity (Wildman–Crippen MR) is 90.4 cm³/mol. The predicted octanol–water partition coefficient (Wildman–Crippen LogP) is 1.50. The van der Waals surface area contributed by atoms with Crippen LogP contribution in [0.2, 0.25) is 0 Å². The van der Waals surface area contributed by atoms with Crippen LogP contribution in [0.1, 0.15) is 39.5 Å². The van der Waals surface area contributed by atoms with Crippen molar-refractivity contribution in [3.63, 3.8) is 0 Å². The first-order chi connectivity index (χ1) is 9.91. The Morgan fingerprint density at radius 2 is 0.950 bits per heavy atom. The molecule has 0 radical (unpaired) electrons. The lowest BCUT2D eigenvalue weighted by molar-refractivity contribution is 0.606. The molecule has 0 aromatic carbocycles. The van der Waals surface area contributed by atoms with Gasteiger partial charge in [0.1, 0.15) is 0 Å². The van der Waals surface area contributed by atoms with Crippen LogP contribution in [0.15, 0.2) is 12.2 Å². The van der Waals surface area contributed by atoms with Gasteiger partial charge in [-0.3, -0.25) is 0 Å². The molecule has 0 aromatic heterocycles. The first-order valence-electron chi connectivity index (χ1n) is 8.39. The van der Waals surface area contributed by atoms with Crippen molar-refractivity contribution >= 4 is 0 Å². The molecule has 20 heavy (non-hydrogen) atoms. The van der Waals surface area contributed by atoms with Gasteiger partial charge < -0.3 is 21.3 Å². The van der Waals surface area contributed by atoms with E-state index in [1.807, 2.05) is 0 Å². The summed E-state index contributed by atoms with van der Waals surface area (Å²) in [6.45, 7) is 13.1. The second kappa shape index (κ2) is 18.6. The molecule has 0 unspecified atom stereocenters. The summed E-state index contributed by atoms with van der Waals surface area (Å²) >= 11 is 0. The minimum Gasteiger partial charge on any atom is -0.317 e. The van der Waals surface area contributed by atoms with Gasteiger partial charge >= 0.3 is 0 Å². The number of rotatable bonds is 16. The summed E-state index contributed by atoms with van der Waals surface area (Å²) in [7, 11) is 0. The highest BCUT2D eigenvalue weighted by Crippen LogP contribution is 1.78. The van der Waals surface area contributed by atoms with Crippen molar-refractivity contribution < 1.29 is 0 Å². The van der Waals surface area contributed by atoms with E-state index in [0.717, 1.165) is 52.4 Å². The Bertz CT molecular complexity index is 175. The summed E-state index contributed by atoms with van der Waals surface area (Å²) in [4.78, 5) is 0. The second-order valence-electron chi connectivity index (χ2n) is 5.09. The molecule has 120 valence electrons. The zero-order valence-electron chi connectivity index (χ0n) is 13.6. The SMILES string of the molecule is CCCNCCCNC/C=C/CNCCCNCCC. The molecule has 4 heteroatoms. The maximum Gasteiger partial charge on any atom is 0.0135 e. The van der Waals surface area contributed by atoms with E-state index in [1.54, 1.807) is 0 Å². The van der Waals surface area contributed by atoms with Gasteiger partial charge in [-0.15, -0.1) is 0 Å². The molecule has 0 heterocycles. The van der Waals surface area contributed by atoms with Gasteiger partial charge in [-0.05, 0) is 65.0 Å². The Balaban J connectivity index is 3.01. The highest BCUT2D eigenvalue weighted by Gasteiger charge is 1.87. The first-order valence-corrected chi connectivity index (χ1v) is 8.39. The summed E-state index contributed by atoms with van der Waals surface area (Å²) in [5, 5.41) is 13.7. The third kappa shape index (κ3) is 17.6. The molecule has 0 saturated carbocycles. The lowest BCUT2D eigenvalue weighted by Crippen LogP contribution is -2.23. The Labute approximate surface area is 126 Å². The first kappa shape index (κ1) is 19.6. The van der Waals surface area contributed by atoms with Crippen LogP contribution in [0.25, 0.3) is 0 Å². The molecule has 0 fully saturated rings. The van der Waals surface area contributed by atoms with E-state index >= 15 is 0 Å². The summed E-state index contributed by atoms with van der Waals surface area (Å²) < 4.78 is 0. The second-order valence-corrected chi connectivity index (χ2v) is 5.09. The zero-order chi connectivity index (χ0) is 14.7. The van der Waals surface area contributed by atoms with Gasteiger partial charge in [0, 0.05) is 13.1 Å². The third-order valence-electron chi connectivity index (χ3n) is 2.96. The van der Waals surface area contributed by atoms with Crippen molar-refractivity contribution in [3.05, 3.63) is 12.2 Å². The minimum atomic E-state index is 0.980. The molecule has 0 amide bonds. The highest BCUT2D eigenvalue weighted by molar-refractivity contribution is 4.85. The van der Waals surface area contributed by atoms with Gasteiger partial charge in [-0.2, -0.15) is 0 Å². The summed E-state index contributed by atoms with van der Waals surface area (Å²) in [6, 6.07) is 0. The van der Waals surface area contributed by atoms with Crippen LogP contribution in [0.5, 0.6) is 0 Å².